The van der Waals surface area contributed by atoms with E-state index in [1.807, 2.05) is 6.07 Å². The fraction of sp³-hybridized carbons (Fsp3) is 0.462. The van der Waals surface area contributed by atoms with Crippen LogP contribution >= 0.6 is 0 Å². The molecule has 17 heavy (non-hydrogen) atoms. The molecule has 0 saturated carbocycles. The third-order valence-corrected chi connectivity index (χ3v) is 2.84. The molecule has 1 aliphatic rings. The number of aryl methyl sites for hydroxylation is 1. The summed E-state index contributed by atoms with van der Waals surface area (Å²) in [5.41, 5.74) is 1.01. The number of nitrogens with one attached hydrogen (secondary N) is 1. The Morgan fingerprint density at radius 3 is 2.94 bits per heavy atom. The van der Waals surface area contributed by atoms with E-state index in [2.05, 4.69) is 19.2 Å². The van der Waals surface area contributed by atoms with Gasteiger partial charge >= 0.3 is 6.09 Å². The Kier molecular flexibility index (Phi) is 2.96. The minimum Gasteiger partial charge on any atom is -0.487 e. The van der Waals surface area contributed by atoms with E-state index in [-0.39, 0.29) is 5.60 Å². The lowest BCUT2D eigenvalue weighted by molar-refractivity contribution is 0.0844. The van der Waals surface area contributed by atoms with Gasteiger partial charge in [0.25, 0.3) is 0 Å². The van der Waals surface area contributed by atoms with E-state index in [1.165, 1.54) is 7.05 Å². The average molecular weight is 235 g/mol. The summed E-state index contributed by atoms with van der Waals surface area (Å²) in [6, 6.07) is 5.50. The molecule has 0 aromatic heterocycles. The van der Waals surface area contributed by atoms with Crippen LogP contribution in [0.15, 0.2) is 18.2 Å². The third kappa shape index (κ3) is 2.70. The summed E-state index contributed by atoms with van der Waals surface area (Å²) < 4.78 is 10.9. The molecule has 0 fully saturated rings. The third-order valence-electron chi connectivity index (χ3n) is 2.84. The molecule has 0 unspecified atom stereocenters. The van der Waals surface area contributed by atoms with Crippen molar-refractivity contribution in [2.45, 2.75) is 32.3 Å². The Hall–Kier alpha value is -1.71. The summed E-state index contributed by atoms with van der Waals surface area (Å²) >= 11 is 0. The van der Waals surface area contributed by atoms with Crippen molar-refractivity contribution in [3.8, 4) is 11.5 Å². The first-order valence-electron chi connectivity index (χ1n) is 5.72. The highest BCUT2D eigenvalue weighted by molar-refractivity contribution is 5.70. The minimum atomic E-state index is -0.472. The first kappa shape index (κ1) is 11.8. The quantitative estimate of drug-likeness (QED) is 0.813. The zero-order chi connectivity index (χ0) is 12.5. The molecule has 0 saturated heterocycles. The lowest BCUT2D eigenvalue weighted by Gasteiger charge is -2.32. The van der Waals surface area contributed by atoms with Gasteiger partial charge in [0.1, 0.15) is 17.1 Å². The van der Waals surface area contributed by atoms with Crippen molar-refractivity contribution in [2.24, 2.45) is 0 Å². The normalized spacial score (nSPS) is 16.6. The molecule has 2 rings (SSSR count). The Morgan fingerprint density at radius 1 is 1.47 bits per heavy atom. The summed E-state index contributed by atoms with van der Waals surface area (Å²) in [4.78, 5) is 11.1. The molecular formula is C13H17NO3. The van der Waals surface area contributed by atoms with E-state index in [0.717, 1.165) is 24.2 Å². The van der Waals surface area contributed by atoms with Crippen LogP contribution in [0.2, 0.25) is 0 Å². The highest BCUT2D eigenvalue weighted by atomic mass is 16.6. The zero-order valence-corrected chi connectivity index (χ0v) is 10.4. The Bertz CT molecular complexity index is 440. The summed E-state index contributed by atoms with van der Waals surface area (Å²) in [6.45, 7) is 4.12. The Labute approximate surface area is 101 Å². The van der Waals surface area contributed by atoms with Gasteiger partial charge in [-0.3, -0.25) is 0 Å². The molecule has 0 spiro atoms. The number of hydrogen-bond donors (Lipinski definition) is 1. The number of benzene rings is 1. The van der Waals surface area contributed by atoms with Gasteiger partial charge in [0, 0.05) is 13.1 Å². The van der Waals surface area contributed by atoms with Crippen molar-refractivity contribution in [1.82, 2.24) is 5.32 Å². The van der Waals surface area contributed by atoms with Crippen molar-refractivity contribution in [1.29, 1.82) is 0 Å². The van der Waals surface area contributed by atoms with Crippen LogP contribution in [0.4, 0.5) is 4.79 Å². The van der Waals surface area contributed by atoms with Crippen LogP contribution in [-0.2, 0) is 6.42 Å². The van der Waals surface area contributed by atoms with E-state index < -0.39 is 6.09 Å². The Balaban J connectivity index is 2.21. The molecule has 1 N–H and O–H groups in total. The van der Waals surface area contributed by atoms with Crippen LogP contribution in [0.25, 0.3) is 0 Å². The number of carbonyl (C=O) groups is 1. The van der Waals surface area contributed by atoms with Crippen molar-refractivity contribution in [2.75, 3.05) is 7.05 Å². The van der Waals surface area contributed by atoms with Crippen LogP contribution in [0.1, 0.15) is 25.8 Å². The van der Waals surface area contributed by atoms with E-state index >= 15 is 0 Å². The summed E-state index contributed by atoms with van der Waals surface area (Å²) in [5, 5.41) is 2.41. The van der Waals surface area contributed by atoms with Gasteiger partial charge in [-0.15, -0.1) is 0 Å². The topological polar surface area (TPSA) is 47.6 Å². The molecule has 1 heterocycles. The maximum Gasteiger partial charge on any atom is 0.412 e. The summed E-state index contributed by atoms with van der Waals surface area (Å²) in [7, 11) is 1.53. The second-order valence-electron chi connectivity index (χ2n) is 4.77. The van der Waals surface area contributed by atoms with Gasteiger partial charge in [0.05, 0.1) is 0 Å². The largest absolute Gasteiger partial charge is 0.487 e. The fourth-order valence-electron chi connectivity index (χ4n) is 1.84. The lowest BCUT2D eigenvalue weighted by Crippen LogP contribution is -2.32. The number of carbonyl (C=O) groups excluding carboxylic acids is 1. The lowest BCUT2D eigenvalue weighted by atomic mass is 9.94. The molecule has 1 amide bonds. The van der Waals surface area contributed by atoms with E-state index in [1.54, 1.807) is 12.1 Å². The van der Waals surface area contributed by atoms with Crippen molar-refractivity contribution >= 4 is 6.09 Å². The van der Waals surface area contributed by atoms with Gasteiger partial charge in [-0.05, 0) is 38.3 Å². The smallest absolute Gasteiger partial charge is 0.412 e. The molecule has 92 valence electrons. The van der Waals surface area contributed by atoms with Gasteiger partial charge in [-0.1, -0.05) is 6.07 Å². The second kappa shape index (κ2) is 4.28. The maximum absolute atomic E-state index is 11.1. The number of ether oxygens (including phenoxy) is 2. The van der Waals surface area contributed by atoms with Gasteiger partial charge < -0.3 is 14.8 Å². The first-order valence-corrected chi connectivity index (χ1v) is 5.72. The molecule has 0 atom stereocenters. The number of fused-ring (bicyclic) bond motifs is 1. The highest BCUT2D eigenvalue weighted by Crippen LogP contribution is 2.35. The van der Waals surface area contributed by atoms with E-state index in [0.29, 0.717) is 5.75 Å². The molecule has 0 radical (unpaired) electrons. The SMILES string of the molecule is CNC(=O)Oc1ccc2c(c1)OC(C)(C)CC2. The second-order valence-corrected chi connectivity index (χ2v) is 4.77. The van der Waals surface area contributed by atoms with Gasteiger partial charge in [-0.25, -0.2) is 4.79 Å². The standard InChI is InChI=1S/C13H17NO3/c1-13(2)7-6-9-4-5-10(8-11(9)17-13)16-12(15)14-3/h4-5,8H,6-7H2,1-3H3,(H,14,15). The van der Waals surface area contributed by atoms with Crippen LogP contribution in [0, 0.1) is 0 Å². The number of amides is 1. The zero-order valence-electron chi connectivity index (χ0n) is 10.4. The summed E-state index contributed by atoms with van der Waals surface area (Å²) in [5.74, 6) is 1.31. The van der Waals surface area contributed by atoms with Crippen LogP contribution in [0.5, 0.6) is 11.5 Å². The Morgan fingerprint density at radius 2 is 2.24 bits per heavy atom. The number of hydrogen-bond acceptors (Lipinski definition) is 3. The molecule has 1 aliphatic heterocycles. The molecule has 0 aliphatic carbocycles. The molecule has 0 bridgehead atoms. The van der Waals surface area contributed by atoms with Crippen LogP contribution in [-0.4, -0.2) is 18.7 Å². The average Bonchev–Trinajstić information content (AvgIpc) is 2.27. The van der Waals surface area contributed by atoms with Crippen molar-refractivity contribution in [3.05, 3.63) is 23.8 Å². The van der Waals surface area contributed by atoms with Crippen molar-refractivity contribution in [3.63, 3.8) is 0 Å². The molecular weight excluding hydrogens is 218 g/mol. The highest BCUT2D eigenvalue weighted by Gasteiger charge is 2.26. The molecule has 4 nitrogen and oxygen atoms in total. The van der Waals surface area contributed by atoms with Crippen LogP contribution < -0.4 is 14.8 Å². The predicted octanol–water partition coefficient (Wildman–Crippen LogP) is 2.51. The van der Waals surface area contributed by atoms with Crippen LogP contribution in [0.3, 0.4) is 0 Å². The van der Waals surface area contributed by atoms with E-state index in [4.69, 9.17) is 9.47 Å². The molecule has 4 heteroatoms. The monoisotopic (exact) mass is 235 g/mol. The van der Waals surface area contributed by atoms with Crippen molar-refractivity contribution < 1.29 is 14.3 Å². The number of rotatable bonds is 1. The predicted molar refractivity (Wildman–Crippen MR) is 64.6 cm³/mol. The van der Waals surface area contributed by atoms with Gasteiger partial charge in [0.2, 0.25) is 0 Å². The fourth-order valence-corrected chi connectivity index (χ4v) is 1.84. The molecule has 1 aromatic rings. The first-order chi connectivity index (χ1) is 8.00. The minimum absolute atomic E-state index is 0.154. The van der Waals surface area contributed by atoms with Gasteiger partial charge in [0.15, 0.2) is 0 Å². The van der Waals surface area contributed by atoms with Gasteiger partial charge in [-0.2, -0.15) is 0 Å². The summed E-state index contributed by atoms with van der Waals surface area (Å²) in [6.07, 6.45) is 1.51. The maximum atomic E-state index is 11.1. The van der Waals surface area contributed by atoms with E-state index in [9.17, 15) is 4.79 Å². The molecule has 1 aromatic carbocycles.